The van der Waals surface area contributed by atoms with E-state index in [2.05, 4.69) is 6.07 Å². The molecule has 0 N–H and O–H groups in total. The van der Waals surface area contributed by atoms with Gasteiger partial charge >= 0.3 is 6.09 Å². The molecular formula is C31H36FN3O5S. The number of amides is 2. The molecule has 4 atom stereocenters. The molecule has 3 fully saturated rings. The van der Waals surface area contributed by atoms with Gasteiger partial charge in [-0.2, -0.15) is 5.26 Å². The van der Waals surface area contributed by atoms with Crippen LogP contribution in [0.15, 0.2) is 29.6 Å². The minimum atomic E-state index is -0.721. The van der Waals surface area contributed by atoms with E-state index in [1.54, 1.807) is 48.8 Å². The zero-order valence-corrected chi connectivity index (χ0v) is 24.5. The van der Waals surface area contributed by atoms with E-state index in [0.717, 1.165) is 24.8 Å². The summed E-state index contributed by atoms with van der Waals surface area (Å²) in [5.41, 5.74) is 1.07. The molecule has 1 saturated carbocycles. The van der Waals surface area contributed by atoms with Gasteiger partial charge in [0.15, 0.2) is 5.78 Å². The molecule has 1 aliphatic carbocycles. The number of likely N-dealkylation sites (tertiary alicyclic amines) is 1. The van der Waals surface area contributed by atoms with Crippen LogP contribution >= 0.6 is 11.3 Å². The highest BCUT2D eigenvalue weighted by molar-refractivity contribution is 7.12. The fourth-order valence-corrected chi connectivity index (χ4v) is 7.07. The Morgan fingerprint density at radius 2 is 1.93 bits per heavy atom. The summed E-state index contributed by atoms with van der Waals surface area (Å²) in [6.45, 7) is 7.54. The summed E-state index contributed by atoms with van der Waals surface area (Å²) < 4.78 is 26.1. The van der Waals surface area contributed by atoms with Crippen molar-refractivity contribution in [2.24, 2.45) is 11.8 Å². The Labute approximate surface area is 244 Å². The second kappa shape index (κ2) is 11.9. The van der Waals surface area contributed by atoms with E-state index in [9.17, 15) is 19.6 Å². The summed E-state index contributed by atoms with van der Waals surface area (Å²) in [6, 6.07) is 8.18. The average Bonchev–Trinajstić information content (AvgIpc) is 3.69. The third kappa shape index (κ3) is 6.47. The zero-order valence-electron chi connectivity index (χ0n) is 23.7. The maximum atomic E-state index is 15.2. The summed E-state index contributed by atoms with van der Waals surface area (Å²) in [7, 11) is 0. The van der Waals surface area contributed by atoms with Crippen LogP contribution < -0.4 is 0 Å². The number of morpholine rings is 1. The van der Waals surface area contributed by atoms with Gasteiger partial charge in [-0.25, -0.2) is 9.18 Å². The number of nitrogens with zero attached hydrogens (tertiary/aromatic N) is 3. The number of thiophene rings is 1. The highest BCUT2D eigenvalue weighted by Crippen LogP contribution is 2.44. The molecule has 2 aromatic rings. The first kappa shape index (κ1) is 29.2. The van der Waals surface area contributed by atoms with Gasteiger partial charge < -0.3 is 14.4 Å². The van der Waals surface area contributed by atoms with Gasteiger partial charge in [-0.1, -0.05) is 12.1 Å². The number of piperidine rings is 1. The maximum Gasteiger partial charge on any atom is 0.411 e. The van der Waals surface area contributed by atoms with Crippen molar-refractivity contribution in [2.75, 3.05) is 26.3 Å². The normalized spacial score (nSPS) is 22.9. The molecule has 10 heteroatoms. The van der Waals surface area contributed by atoms with Crippen LogP contribution in [0.1, 0.15) is 61.7 Å². The van der Waals surface area contributed by atoms with Gasteiger partial charge in [0.2, 0.25) is 0 Å². The molecule has 2 bridgehead atoms. The lowest BCUT2D eigenvalue weighted by atomic mass is 9.87. The van der Waals surface area contributed by atoms with Crippen LogP contribution in [0.2, 0.25) is 0 Å². The number of fused-ring (bicyclic) bond motifs is 2. The van der Waals surface area contributed by atoms with Gasteiger partial charge in [-0.3, -0.25) is 14.5 Å². The lowest BCUT2D eigenvalue weighted by molar-refractivity contribution is -0.126. The lowest BCUT2D eigenvalue weighted by Gasteiger charge is -2.35. The van der Waals surface area contributed by atoms with Crippen molar-refractivity contribution in [3.05, 3.63) is 45.9 Å². The number of benzene rings is 1. The largest absolute Gasteiger partial charge is 0.444 e. The minimum absolute atomic E-state index is 0.0175. The molecular weight excluding hydrogens is 545 g/mol. The first-order valence-corrected chi connectivity index (χ1v) is 15.1. The summed E-state index contributed by atoms with van der Waals surface area (Å²) in [6.07, 6.45) is 2.04. The first-order valence-electron chi connectivity index (χ1n) is 14.2. The summed E-state index contributed by atoms with van der Waals surface area (Å²) in [5, 5.41) is 11.7. The fourth-order valence-electron chi connectivity index (χ4n) is 6.19. The van der Waals surface area contributed by atoms with Crippen LogP contribution in [0.25, 0.3) is 11.1 Å². The topological polar surface area (TPSA) is 99.9 Å². The van der Waals surface area contributed by atoms with Gasteiger partial charge in [-0.05, 0) is 86.6 Å². The summed E-state index contributed by atoms with van der Waals surface area (Å²) in [4.78, 5) is 43.1. The molecule has 41 heavy (non-hydrogen) atoms. The van der Waals surface area contributed by atoms with E-state index in [4.69, 9.17) is 9.47 Å². The standard InChI is InChI=1S/C31H36FN3O5S/c1-31(2,3)40-30(38)35-24-7-6-22(14-24)28(35)26(36)13-19(17-33)12-21-5-4-20(15-25(21)32)23-16-27(41-18-23)29(37)34-8-10-39-11-9-34/h4-5,15-16,18-19,22,24,28H,6-14H2,1-3H3/t19-,22+,24-,28+/m1/s1. The predicted molar refractivity (Wildman–Crippen MR) is 152 cm³/mol. The van der Waals surface area contributed by atoms with Gasteiger partial charge in [0.25, 0.3) is 5.91 Å². The molecule has 1 aromatic carbocycles. The lowest BCUT2D eigenvalue weighted by Crippen LogP contribution is -2.51. The Bertz CT molecular complexity index is 1360. The van der Waals surface area contributed by atoms with Crippen LogP contribution in [0, 0.1) is 29.0 Å². The molecule has 0 spiro atoms. The number of rotatable bonds is 7. The monoisotopic (exact) mass is 581 g/mol. The van der Waals surface area contributed by atoms with Gasteiger partial charge in [0, 0.05) is 25.6 Å². The molecule has 2 amide bonds. The SMILES string of the molecule is CC(C)(C)OC(=O)N1[C@@H]2CC[C@@H](C2)[C@H]1C(=O)C[C@H](C#N)Cc1ccc(-c2csc(C(=O)N3CCOCC3)c2)cc1F. The van der Waals surface area contributed by atoms with Crippen molar-refractivity contribution in [3.63, 3.8) is 0 Å². The zero-order chi connectivity index (χ0) is 29.3. The van der Waals surface area contributed by atoms with E-state index in [1.807, 2.05) is 5.38 Å². The molecule has 2 aliphatic heterocycles. The van der Waals surface area contributed by atoms with Crippen molar-refractivity contribution in [2.45, 2.75) is 70.6 Å². The Kier molecular flexibility index (Phi) is 8.48. The van der Waals surface area contributed by atoms with Crippen LogP contribution in [-0.2, 0) is 20.7 Å². The Morgan fingerprint density at radius 1 is 1.17 bits per heavy atom. The predicted octanol–water partition coefficient (Wildman–Crippen LogP) is 5.46. The summed E-state index contributed by atoms with van der Waals surface area (Å²) >= 11 is 1.33. The molecule has 3 aliphatic rings. The van der Waals surface area contributed by atoms with Crippen LogP contribution in [0.3, 0.4) is 0 Å². The van der Waals surface area contributed by atoms with E-state index >= 15 is 4.39 Å². The number of halogens is 1. The van der Waals surface area contributed by atoms with E-state index in [-0.39, 0.29) is 36.5 Å². The third-order valence-electron chi connectivity index (χ3n) is 8.11. The third-order valence-corrected chi connectivity index (χ3v) is 9.03. The molecule has 218 valence electrons. The van der Waals surface area contributed by atoms with Crippen LogP contribution in [0.5, 0.6) is 0 Å². The number of hydrogen-bond acceptors (Lipinski definition) is 7. The van der Waals surface area contributed by atoms with Crippen molar-refractivity contribution in [1.29, 1.82) is 5.26 Å². The van der Waals surface area contributed by atoms with Crippen LogP contribution in [0.4, 0.5) is 9.18 Å². The quantitative estimate of drug-likeness (QED) is 0.431. The number of nitriles is 1. The Hall–Kier alpha value is -3.29. The minimum Gasteiger partial charge on any atom is -0.444 e. The first-order chi connectivity index (χ1) is 19.5. The molecule has 1 aromatic heterocycles. The molecule has 5 rings (SSSR count). The highest BCUT2D eigenvalue weighted by atomic mass is 32.1. The molecule has 8 nitrogen and oxygen atoms in total. The Morgan fingerprint density at radius 3 is 2.61 bits per heavy atom. The van der Waals surface area contributed by atoms with Crippen molar-refractivity contribution < 1.29 is 28.2 Å². The number of ketones is 1. The van der Waals surface area contributed by atoms with Crippen molar-refractivity contribution >= 4 is 29.1 Å². The maximum absolute atomic E-state index is 15.2. The number of hydrogen-bond donors (Lipinski definition) is 0. The second-order valence-electron chi connectivity index (χ2n) is 12.2. The molecule has 0 unspecified atom stereocenters. The van der Waals surface area contributed by atoms with E-state index < -0.39 is 29.5 Å². The van der Waals surface area contributed by atoms with Gasteiger partial charge in [0.05, 0.1) is 36.1 Å². The van der Waals surface area contributed by atoms with Gasteiger partial charge in [-0.15, -0.1) is 11.3 Å². The average molecular weight is 582 g/mol. The Balaban J connectivity index is 1.24. The smallest absolute Gasteiger partial charge is 0.411 e. The molecule has 3 heterocycles. The van der Waals surface area contributed by atoms with E-state index in [1.165, 1.54) is 17.4 Å². The summed E-state index contributed by atoms with van der Waals surface area (Å²) in [5.74, 6) is -1.33. The number of carbonyl (C=O) groups is 3. The number of carbonyl (C=O) groups excluding carboxylic acids is 3. The van der Waals surface area contributed by atoms with Crippen molar-refractivity contribution in [3.8, 4) is 17.2 Å². The number of ether oxygens (including phenoxy) is 2. The van der Waals surface area contributed by atoms with Crippen molar-refractivity contribution in [1.82, 2.24) is 9.80 Å². The fraction of sp³-hybridized carbons (Fsp3) is 0.548. The van der Waals surface area contributed by atoms with Crippen LogP contribution in [-0.4, -0.2) is 71.6 Å². The molecule has 2 saturated heterocycles. The van der Waals surface area contributed by atoms with Gasteiger partial charge in [0.1, 0.15) is 11.4 Å². The number of Topliss-reactive ketones (excluding diaryl/α,β-unsaturated/α-hetero) is 1. The highest BCUT2D eigenvalue weighted by Gasteiger charge is 2.52. The second-order valence-corrected chi connectivity index (χ2v) is 13.1. The van der Waals surface area contributed by atoms with E-state index in [0.29, 0.717) is 42.3 Å². The molecule has 0 radical (unpaired) electrons.